The molecule has 0 heterocycles. The highest BCUT2D eigenvalue weighted by atomic mass is 35.5. The summed E-state index contributed by atoms with van der Waals surface area (Å²) in [5, 5.41) is 18.9. The van der Waals surface area contributed by atoms with Crippen molar-refractivity contribution in [2.45, 2.75) is 31.4 Å². The number of rotatable bonds is 2. The third-order valence-corrected chi connectivity index (χ3v) is 3.13. The van der Waals surface area contributed by atoms with E-state index in [9.17, 15) is 9.90 Å². The summed E-state index contributed by atoms with van der Waals surface area (Å²) in [5.41, 5.74) is 0. The molecule has 1 fully saturated rings. The van der Waals surface area contributed by atoms with Gasteiger partial charge in [0.25, 0.3) is 0 Å². The monoisotopic (exact) mass is 237 g/mol. The Labute approximate surface area is 96.9 Å². The van der Waals surface area contributed by atoms with Gasteiger partial charge in [-0.15, -0.1) is 0 Å². The van der Waals surface area contributed by atoms with Crippen molar-refractivity contribution < 1.29 is 31.9 Å². The molecular formula is C10H20ClNO3. The summed E-state index contributed by atoms with van der Waals surface area (Å²) >= 11 is 0. The average molecular weight is 238 g/mol. The molecule has 1 rings (SSSR count). The molecule has 0 aromatic heterocycles. The minimum absolute atomic E-state index is 0. The molecule has 0 unspecified atom stereocenters. The molecule has 15 heavy (non-hydrogen) atoms. The Morgan fingerprint density at radius 3 is 2.20 bits per heavy atom. The molecule has 2 N–H and O–H groups in total. The van der Waals surface area contributed by atoms with Gasteiger partial charge in [-0.2, -0.15) is 0 Å². The number of carboxylic acid groups (broad SMARTS) is 1. The van der Waals surface area contributed by atoms with Crippen LogP contribution in [0.3, 0.4) is 0 Å². The average Bonchev–Trinajstić information content (AvgIpc) is 2.01. The first-order valence-corrected chi connectivity index (χ1v) is 5.06. The fraction of sp³-hybridized carbons (Fsp3) is 0.900. The predicted octanol–water partition coefficient (Wildman–Crippen LogP) is -2.69. The Kier molecular flexibility index (Phi) is 5.03. The standard InChI is InChI=1S/C10H19NO3.ClH/c1-11(2,3)8-6-4-5-7(9(8)12)10(13)14;/h7-9,12H,4-6H2,1-3H3;1H/t7-,8-,9-;/m1./s1. The van der Waals surface area contributed by atoms with E-state index in [1.807, 2.05) is 21.1 Å². The summed E-state index contributed by atoms with van der Waals surface area (Å²) in [6, 6.07) is 0.0462. The molecule has 3 atom stereocenters. The molecule has 1 aliphatic rings. The number of aliphatic hydroxyl groups excluding tert-OH is 1. The van der Waals surface area contributed by atoms with Crippen molar-refractivity contribution in [1.29, 1.82) is 0 Å². The van der Waals surface area contributed by atoms with E-state index < -0.39 is 18.0 Å². The maximum atomic E-state index is 10.9. The second kappa shape index (κ2) is 5.14. The quantitative estimate of drug-likeness (QED) is 0.515. The molecule has 5 heteroatoms. The first kappa shape index (κ1) is 14.7. The van der Waals surface area contributed by atoms with Gasteiger partial charge in [0.2, 0.25) is 0 Å². The van der Waals surface area contributed by atoms with Gasteiger partial charge in [0.1, 0.15) is 12.1 Å². The van der Waals surface area contributed by atoms with E-state index >= 15 is 0 Å². The number of nitrogens with zero attached hydrogens (tertiary/aromatic N) is 1. The van der Waals surface area contributed by atoms with E-state index in [4.69, 9.17) is 5.11 Å². The Morgan fingerprint density at radius 2 is 1.80 bits per heavy atom. The number of carbonyl (C=O) groups is 1. The highest BCUT2D eigenvalue weighted by Crippen LogP contribution is 2.29. The fourth-order valence-electron chi connectivity index (χ4n) is 2.27. The number of quaternary nitrogens is 1. The van der Waals surface area contributed by atoms with Crippen molar-refractivity contribution in [3.63, 3.8) is 0 Å². The van der Waals surface area contributed by atoms with E-state index in [-0.39, 0.29) is 18.4 Å². The van der Waals surface area contributed by atoms with Crippen molar-refractivity contribution in [2.24, 2.45) is 5.92 Å². The number of hydrogen-bond acceptors (Lipinski definition) is 2. The van der Waals surface area contributed by atoms with E-state index in [1.165, 1.54) is 0 Å². The van der Waals surface area contributed by atoms with Crippen molar-refractivity contribution in [3.05, 3.63) is 0 Å². The van der Waals surface area contributed by atoms with Gasteiger partial charge in [0, 0.05) is 6.42 Å². The van der Waals surface area contributed by atoms with E-state index in [0.29, 0.717) is 10.9 Å². The molecular weight excluding hydrogens is 218 g/mol. The number of aliphatic hydroxyl groups is 1. The van der Waals surface area contributed by atoms with Crippen LogP contribution in [0.5, 0.6) is 0 Å². The van der Waals surface area contributed by atoms with Crippen LogP contribution in [0.1, 0.15) is 19.3 Å². The Morgan fingerprint density at radius 1 is 1.27 bits per heavy atom. The lowest BCUT2D eigenvalue weighted by molar-refractivity contribution is -0.901. The van der Waals surface area contributed by atoms with Crippen molar-refractivity contribution >= 4 is 5.97 Å². The summed E-state index contributed by atoms with van der Waals surface area (Å²) in [6.07, 6.45) is 1.71. The summed E-state index contributed by atoms with van der Waals surface area (Å²) in [4.78, 5) is 10.9. The van der Waals surface area contributed by atoms with E-state index in [2.05, 4.69) is 0 Å². The Balaban J connectivity index is 0.00000196. The highest BCUT2D eigenvalue weighted by Gasteiger charge is 2.42. The molecule has 90 valence electrons. The van der Waals surface area contributed by atoms with E-state index in [1.54, 1.807) is 0 Å². The number of carboxylic acids is 1. The van der Waals surface area contributed by atoms with Crippen LogP contribution in [-0.2, 0) is 4.79 Å². The lowest BCUT2D eigenvalue weighted by Gasteiger charge is -2.41. The van der Waals surface area contributed by atoms with Gasteiger partial charge in [0.05, 0.1) is 27.1 Å². The van der Waals surface area contributed by atoms with Gasteiger partial charge >= 0.3 is 5.97 Å². The fourth-order valence-corrected chi connectivity index (χ4v) is 2.27. The van der Waals surface area contributed by atoms with E-state index in [0.717, 1.165) is 12.8 Å². The zero-order valence-electron chi connectivity index (χ0n) is 9.48. The highest BCUT2D eigenvalue weighted by molar-refractivity contribution is 5.70. The number of likely N-dealkylation sites (N-methyl/N-ethyl adjacent to an activating group) is 1. The van der Waals surface area contributed by atoms with Crippen molar-refractivity contribution in [3.8, 4) is 0 Å². The van der Waals surface area contributed by atoms with Crippen LogP contribution >= 0.6 is 0 Å². The second-order valence-corrected chi connectivity index (χ2v) is 5.05. The molecule has 0 saturated heterocycles. The topological polar surface area (TPSA) is 57.5 Å². The smallest absolute Gasteiger partial charge is 0.309 e. The summed E-state index contributed by atoms with van der Waals surface area (Å²) in [7, 11) is 5.99. The molecule has 0 bridgehead atoms. The molecule has 0 aromatic rings. The van der Waals surface area contributed by atoms with Crippen LogP contribution in [0.25, 0.3) is 0 Å². The largest absolute Gasteiger partial charge is 1.00 e. The molecule has 0 amide bonds. The first-order chi connectivity index (χ1) is 6.34. The van der Waals surface area contributed by atoms with Gasteiger partial charge in [-0.25, -0.2) is 0 Å². The maximum absolute atomic E-state index is 10.9. The van der Waals surface area contributed by atoms with Gasteiger partial charge in [0.15, 0.2) is 0 Å². The molecule has 1 aliphatic carbocycles. The zero-order valence-corrected chi connectivity index (χ0v) is 10.2. The minimum Gasteiger partial charge on any atom is -1.00 e. The van der Waals surface area contributed by atoms with Gasteiger partial charge in [-0.05, 0) is 12.8 Å². The Bertz CT molecular complexity index is 227. The SMILES string of the molecule is C[N+](C)(C)[C@@H]1CCC[C@@H](C(=O)O)[C@H]1O.[Cl-]. The summed E-state index contributed by atoms with van der Waals surface area (Å²) < 4.78 is 0.630. The van der Waals surface area contributed by atoms with Crippen molar-refractivity contribution in [2.75, 3.05) is 21.1 Å². The number of halogens is 1. The Hall–Kier alpha value is -0.320. The molecule has 1 saturated carbocycles. The zero-order chi connectivity index (χ0) is 10.9. The minimum atomic E-state index is -0.865. The van der Waals surface area contributed by atoms with Crippen LogP contribution in [0.4, 0.5) is 0 Å². The van der Waals surface area contributed by atoms with Crippen LogP contribution in [0.15, 0.2) is 0 Å². The third kappa shape index (κ3) is 3.33. The van der Waals surface area contributed by atoms with Gasteiger partial charge < -0.3 is 27.1 Å². The normalized spacial score (nSPS) is 31.9. The molecule has 4 nitrogen and oxygen atoms in total. The van der Waals surface area contributed by atoms with Crippen LogP contribution in [0, 0.1) is 5.92 Å². The lowest BCUT2D eigenvalue weighted by Crippen LogP contribution is -3.00. The second-order valence-electron chi connectivity index (χ2n) is 5.05. The molecule has 0 radical (unpaired) electrons. The first-order valence-electron chi connectivity index (χ1n) is 5.06. The third-order valence-electron chi connectivity index (χ3n) is 3.13. The predicted molar refractivity (Wildman–Crippen MR) is 52.8 cm³/mol. The van der Waals surface area contributed by atoms with Gasteiger partial charge in [-0.3, -0.25) is 4.79 Å². The summed E-state index contributed by atoms with van der Waals surface area (Å²) in [5.74, 6) is -1.44. The van der Waals surface area contributed by atoms with Crippen LogP contribution in [0.2, 0.25) is 0 Å². The molecule has 0 aromatic carbocycles. The number of hydrogen-bond donors (Lipinski definition) is 2. The molecule has 0 spiro atoms. The summed E-state index contributed by atoms with van der Waals surface area (Å²) in [6.45, 7) is 0. The van der Waals surface area contributed by atoms with Crippen molar-refractivity contribution in [1.82, 2.24) is 0 Å². The maximum Gasteiger partial charge on any atom is 0.309 e. The molecule has 0 aliphatic heterocycles. The number of aliphatic carboxylic acids is 1. The lowest BCUT2D eigenvalue weighted by atomic mass is 9.82. The van der Waals surface area contributed by atoms with Crippen LogP contribution in [-0.4, -0.2) is 54.0 Å². The van der Waals surface area contributed by atoms with Gasteiger partial charge in [-0.1, -0.05) is 0 Å². The van der Waals surface area contributed by atoms with Crippen LogP contribution < -0.4 is 12.4 Å².